The molecule has 0 aliphatic heterocycles. The summed E-state index contributed by atoms with van der Waals surface area (Å²) in [6, 6.07) is 10.9. The van der Waals surface area contributed by atoms with Gasteiger partial charge in [0.1, 0.15) is 23.1 Å². The van der Waals surface area contributed by atoms with Crippen molar-refractivity contribution in [3.8, 4) is 0 Å². The third kappa shape index (κ3) is 4.46. The molecule has 1 heterocycles. The van der Waals surface area contributed by atoms with E-state index in [1.165, 1.54) is 16.7 Å². The van der Waals surface area contributed by atoms with E-state index in [4.69, 9.17) is 11.6 Å². The maximum Gasteiger partial charge on any atom is 0.289 e. The van der Waals surface area contributed by atoms with Crippen molar-refractivity contribution in [3.63, 3.8) is 0 Å². The number of carbonyl (C=O) groups is 1. The molecule has 0 atom stereocenters. The Morgan fingerprint density at radius 1 is 1.29 bits per heavy atom. The van der Waals surface area contributed by atoms with Crippen LogP contribution in [0.1, 0.15) is 5.82 Å². The molecule has 3 rings (SSSR count). The molecular weight excluding hydrogens is 408 g/mol. The van der Waals surface area contributed by atoms with Crippen molar-refractivity contribution < 1.29 is 18.1 Å². The van der Waals surface area contributed by atoms with E-state index >= 15 is 0 Å². The van der Waals surface area contributed by atoms with Crippen molar-refractivity contribution in [2.45, 2.75) is 12.3 Å². The van der Waals surface area contributed by atoms with Crippen LogP contribution < -0.4 is 5.32 Å². The van der Waals surface area contributed by atoms with Gasteiger partial charge in [-0.1, -0.05) is 23.7 Å². The summed E-state index contributed by atoms with van der Waals surface area (Å²) in [4.78, 5) is 27.1. The van der Waals surface area contributed by atoms with Crippen LogP contribution in [0.3, 0.4) is 0 Å². The topological polar surface area (TPSA) is 124 Å². The Labute approximate surface area is 165 Å². The number of hydrogen-bond acceptors (Lipinski definition) is 6. The Morgan fingerprint density at radius 2 is 2.00 bits per heavy atom. The van der Waals surface area contributed by atoms with Crippen LogP contribution >= 0.6 is 11.6 Å². The van der Waals surface area contributed by atoms with Gasteiger partial charge in [-0.05, 0) is 24.3 Å². The van der Waals surface area contributed by atoms with Gasteiger partial charge in [-0.15, -0.1) is 0 Å². The molecular formula is C17H15ClN4O5S. The number of aromatic nitrogens is 2. The lowest BCUT2D eigenvalue weighted by molar-refractivity contribution is -0.384. The number of rotatable bonds is 6. The third-order valence-corrected chi connectivity index (χ3v) is 4.96. The van der Waals surface area contributed by atoms with Crippen molar-refractivity contribution in [1.82, 2.24) is 9.55 Å². The lowest BCUT2D eigenvalue weighted by Crippen LogP contribution is -2.21. The van der Waals surface area contributed by atoms with E-state index in [9.17, 15) is 23.3 Å². The number of anilines is 1. The predicted molar refractivity (Wildman–Crippen MR) is 105 cm³/mol. The summed E-state index contributed by atoms with van der Waals surface area (Å²) in [5, 5.41) is 13.5. The normalized spacial score (nSPS) is 11.5. The molecule has 1 amide bonds. The molecule has 11 heteroatoms. The molecule has 28 heavy (non-hydrogen) atoms. The Kier molecular flexibility index (Phi) is 5.34. The summed E-state index contributed by atoms with van der Waals surface area (Å²) in [7, 11) is -3.37. The number of nitrogens with zero attached hydrogens (tertiary/aromatic N) is 3. The van der Waals surface area contributed by atoms with Crippen LogP contribution in [0.25, 0.3) is 11.0 Å². The molecule has 0 saturated carbocycles. The average Bonchev–Trinajstić information content (AvgIpc) is 2.92. The van der Waals surface area contributed by atoms with Crippen LogP contribution in [-0.4, -0.2) is 35.1 Å². The molecule has 0 spiro atoms. The van der Waals surface area contributed by atoms with Gasteiger partial charge < -0.3 is 9.88 Å². The largest absolute Gasteiger partial charge is 0.324 e. The van der Waals surface area contributed by atoms with Gasteiger partial charge in [-0.3, -0.25) is 14.9 Å². The van der Waals surface area contributed by atoms with Crippen LogP contribution in [0.2, 0.25) is 5.02 Å². The predicted octanol–water partition coefficient (Wildman–Crippen LogP) is 2.78. The Balaban J connectivity index is 1.90. The molecule has 0 bridgehead atoms. The summed E-state index contributed by atoms with van der Waals surface area (Å²) < 4.78 is 24.9. The van der Waals surface area contributed by atoms with Gasteiger partial charge in [0.25, 0.3) is 5.69 Å². The summed E-state index contributed by atoms with van der Waals surface area (Å²) in [6.07, 6.45) is 1.09. The van der Waals surface area contributed by atoms with Gasteiger partial charge in [-0.2, -0.15) is 0 Å². The fraction of sp³-hybridized carbons (Fsp3) is 0.176. The summed E-state index contributed by atoms with van der Waals surface area (Å²) in [5.74, 6) is -0.572. The first kappa shape index (κ1) is 19.8. The summed E-state index contributed by atoms with van der Waals surface area (Å²) in [6.45, 7) is -0.207. The van der Waals surface area contributed by atoms with E-state index in [-0.39, 0.29) is 34.5 Å². The number of amides is 1. The Hall–Kier alpha value is -2.98. The lowest BCUT2D eigenvalue weighted by atomic mass is 10.2. The van der Waals surface area contributed by atoms with Crippen LogP contribution in [-0.2, 0) is 26.9 Å². The maximum absolute atomic E-state index is 12.5. The highest BCUT2D eigenvalue weighted by Crippen LogP contribution is 2.27. The minimum atomic E-state index is -3.37. The summed E-state index contributed by atoms with van der Waals surface area (Å²) in [5.41, 5.74) is 1.05. The zero-order valence-corrected chi connectivity index (χ0v) is 16.2. The van der Waals surface area contributed by atoms with Gasteiger partial charge in [-0.25, -0.2) is 13.4 Å². The lowest BCUT2D eigenvalue weighted by Gasteiger charge is -2.10. The minimum Gasteiger partial charge on any atom is -0.324 e. The molecule has 0 fully saturated rings. The smallest absolute Gasteiger partial charge is 0.289 e. The number of fused-ring (bicyclic) bond motifs is 1. The van der Waals surface area contributed by atoms with E-state index < -0.39 is 20.7 Å². The monoisotopic (exact) mass is 422 g/mol. The van der Waals surface area contributed by atoms with Crippen LogP contribution in [0.15, 0.2) is 42.5 Å². The van der Waals surface area contributed by atoms with E-state index in [1.807, 2.05) is 0 Å². The molecule has 0 aliphatic carbocycles. The number of halogens is 1. The number of carbonyl (C=O) groups excluding carboxylic acids is 1. The van der Waals surface area contributed by atoms with Crippen molar-refractivity contribution in [3.05, 3.63) is 63.4 Å². The second-order valence-corrected chi connectivity index (χ2v) is 8.69. The van der Waals surface area contributed by atoms with Crippen molar-refractivity contribution in [2.24, 2.45) is 0 Å². The second-order valence-electron chi connectivity index (χ2n) is 6.14. The fourth-order valence-electron chi connectivity index (χ4n) is 2.72. The van der Waals surface area contributed by atoms with Crippen LogP contribution in [0.5, 0.6) is 0 Å². The van der Waals surface area contributed by atoms with Crippen molar-refractivity contribution >= 4 is 49.8 Å². The molecule has 1 aromatic heterocycles. The first-order valence-electron chi connectivity index (χ1n) is 8.00. The van der Waals surface area contributed by atoms with Crippen LogP contribution in [0, 0.1) is 10.1 Å². The molecule has 9 nitrogen and oxygen atoms in total. The van der Waals surface area contributed by atoms with Gasteiger partial charge in [0.05, 0.1) is 16.0 Å². The van der Waals surface area contributed by atoms with Gasteiger partial charge in [0, 0.05) is 18.0 Å². The Morgan fingerprint density at radius 3 is 2.68 bits per heavy atom. The minimum absolute atomic E-state index is 0.0426. The molecule has 1 N–H and O–H groups in total. The molecule has 0 saturated heterocycles. The number of benzene rings is 2. The summed E-state index contributed by atoms with van der Waals surface area (Å²) >= 11 is 5.77. The number of nitro benzene ring substituents is 1. The standard InChI is InChI=1S/C17H15ClN4O5S/c1-28(26,27)10-16-20-13-4-2-3-5-14(13)21(16)9-17(23)19-11-6-7-12(18)15(8-11)22(24)25/h2-8H,9-10H2,1H3,(H,19,23). The zero-order chi connectivity index (χ0) is 20.5. The number of nitrogens with one attached hydrogen (secondary N) is 1. The first-order chi connectivity index (χ1) is 13.1. The van der Waals surface area contributed by atoms with Gasteiger partial charge in [0.2, 0.25) is 5.91 Å². The molecule has 0 aliphatic rings. The maximum atomic E-state index is 12.5. The highest BCUT2D eigenvalue weighted by atomic mass is 35.5. The van der Waals surface area contributed by atoms with Crippen LogP contribution in [0.4, 0.5) is 11.4 Å². The van der Waals surface area contributed by atoms with E-state index in [0.29, 0.717) is 11.0 Å². The fourth-order valence-corrected chi connectivity index (χ4v) is 3.60. The van der Waals surface area contributed by atoms with Crippen molar-refractivity contribution in [2.75, 3.05) is 11.6 Å². The average molecular weight is 423 g/mol. The Bertz CT molecular complexity index is 1190. The van der Waals surface area contributed by atoms with Gasteiger partial charge in [0.15, 0.2) is 9.84 Å². The van der Waals surface area contributed by atoms with E-state index in [0.717, 1.165) is 12.3 Å². The van der Waals surface area contributed by atoms with Crippen molar-refractivity contribution in [1.29, 1.82) is 0 Å². The number of imidazole rings is 1. The molecule has 3 aromatic rings. The van der Waals surface area contributed by atoms with E-state index in [1.54, 1.807) is 24.3 Å². The second kappa shape index (κ2) is 7.56. The number of hydrogen-bond donors (Lipinski definition) is 1. The highest BCUT2D eigenvalue weighted by Gasteiger charge is 2.18. The van der Waals surface area contributed by atoms with E-state index in [2.05, 4.69) is 10.3 Å². The first-order valence-corrected chi connectivity index (χ1v) is 10.4. The quantitative estimate of drug-likeness (QED) is 0.481. The third-order valence-electron chi connectivity index (χ3n) is 3.85. The highest BCUT2D eigenvalue weighted by molar-refractivity contribution is 7.89. The number of nitro groups is 1. The molecule has 0 radical (unpaired) electrons. The number of sulfone groups is 1. The van der Waals surface area contributed by atoms with Gasteiger partial charge >= 0.3 is 0 Å². The number of para-hydroxylation sites is 2. The zero-order valence-electron chi connectivity index (χ0n) is 14.6. The molecule has 146 valence electrons. The molecule has 2 aromatic carbocycles. The molecule has 0 unspecified atom stereocenters. The SMILES string of the molecule is CS(=O)(=O)Cc1nc2ccccc2n1CC(=O)Nc1ccc(Cl)c([N+](=O)[O-])c1.